The van der Waals surface area contributed by atoms with Gasteiger partial charge in [-0.1, -0.05) is 17.3 Å². The van der Waals surface area contributed by atoms with Gasteiger partial charge in [0, 0.05) is 24.9 Å². The van der Waals surface area contributed by atoms with E-state index in [0.717, 1.165) is 12.6 Å². The second-order valence-corrected chi connectivity index (χ2v) is 13.6. The van der Waals surface area contributed by atoms with Crippen LogP contribution in [0.25, 0.3) is 22.4 Å². The Balaban J connectivity index is 1.59. The van der Waals surface area contributed by atoms with Crippen LogP contribution in [0.4, 0.5) is 4.79 Å². The summed E-state index contributed by atoms with van der Waals surface area (Å²) in [5.74, 6) is 0. The van der Waals surface area contributed by atoms with E-state index < -0.39 is 36.6 Å². The normalized spacial score (nSPS) is 15.9. The average Bonchev–Trinajstić information content (AvgIpc) is 3.21. The number of hydrogen-bond acceptors (Lipinski definition) is 10. The number of rotatable bonds is 4. The van der Waals surface area contributed by atoms with Crippen LogP contribution >= 0.6 is 0 Å². The van der Waals surface area contributed by atoms with Gasteiger partial charge in [-0.05, 0) is 45.7 Å². The van der Waals surface area contributed by atoms with Gasteiger partial charge in [0.1, 0.15) is 23.1 Å². The molecule has 2 aromatic heterocycles. The molecule has 188 valence electrons. The summed E-state index contributed by atoms with van der Waals surface area (Å²) in [7, 11) is -7.28. The minimum Gasteiger partial charge on any atom is -0.444 e. The maximum absolute atomic E-state index is 13.4. The number of amides is 1. The third kappa shape index (κ3) is 5.15. The van der Waals surface area contributed by atoms with Crippen molar-refractivity contribution in [3.05, 3.63) is 30.6 Å². The van der Waals surface area contributed by atoms with E-state index >= 15 is 0 Å². The third-order valence-corrected chi connectivity index (χ3v) is 8.89. The van der Waals surface area contributed by atoms with Crippen LogP contribution in [0.3, 0.4) is 0 Å². The average molecular weight is 523 g/mol. The third-order valence-electron chi connectivity index (χ3n) is 5.58. The predicted octanol–water partition coefficient (Wildman–Crippen LogP) is 2.86. The standard InChI is InChI=1S/C22H26N4O7S2/c1-22(2,3)32-21(27)26-11-9-16(10-12-26)35(30,31)20-19-18(23-13-24-20)17(25-33-19)14-5-7-15(8-6-14)34(4,28)29/h5-8,13,16H,9-12H2,1-4H3. The molecule has 1 amide bonds. The Morgan fingerprint density at radius 2 is 1.69 bits per heavy atom. The van der Waals surface area contributed by atoms with Gasteiger partial charge in [0.25, 0.3) is 0 Å². The van der Waals surface area contributed by atoms with E-state index in [1.54, 1.807) is 32.9 Å². The van der Waals surface area contributed by atoms with E-state index in [0.29, 0.717) is 5.56 Å². The minimum absolute atomic E-state index is 0.0655. The number of ether oxygens (including phenoxy) is 1. The molecule has 0 radical (unpaired) electrons. The fraction of sp³-hybridized carbons (Fsp3) is 0.455. The highest BCUT2D eigenvalue weighted by Gasteiger charge is 2.37. The smallest absolute Gasteiger partial charge is 0.410 e. The van der Waals surface area contributed by atoms with E-state index in [1.807, 2.05) is 0 Å². The summed E-state index contributed by atoms with van der Waals surface area (Å²) in [6.45, 7) is 5.79. The zero-order valence-corrected chi connectivity index (χ0v) is 21.4. The first-order valence-electron chi connectivity index (χ1n) is 10.9. The lowest BCUT2D eigenvalue weighted by atomic mass is 10.1. The summed E-state index contributed by atoms with van der Waals surface area (Å²) in [5, 5.41) is 2.96. The van der Waals surface area contributed by atoms with Gasteiger partial charge in [0.15, 0.2) is 9.84 Å². The highest BCUT2D eigenvalue weighted by atomic mass is 32.2. The topological polar surface area (TPSA) is 150 Å². The molecule has 1 saturated heterocycles. The largest absolute Gasteiger partial charge is 0.444 e. The minimum atomic E-state index is -3.91. The monoisotopic (exact) mass is 522 g/mol. The summed E-state index contributed by atoms with van der Waals surface area (Å²) in [5.41, 5.74) is 0.297. The number of likely N-dealkylation sites (tertiary alicyclic amines) is 1. The van der Waals surface area contributed by atoms with Gasteiger partial charge in [-0.15, -0.1) is 0 Å². The molecular formula is C22H26N4O7S2. The van der Waals surface area contributed by atoms with E-state index in [2.05, 4.69) is 15.1 Å². The Bertz CT molecular complexity index is 1470. The maximum atomic E-state index is 13.4. The van der Waals surface area contributed by atoms with Crippen molar-refractivity contribution in [3.63, 3.8) is 0 Å². The molecule has 4 rings (SSSR count). The zero-order valence-electron chi connectivity index (χ0n) is 19.8. The Kier molecular flexibility index (Phi) is 6.34. The first-order valence-corrected chi connectivity index (χ1v) is 14.3. The quantitative estimate of drug-likeness (QED) is 0.468. The van der Waals surface area contributed by atoms with Crippen molar-refractivity contribution >= 4 is 36.9 Å². The van der Waals surface area contributed by atoms with Crippen LogP contribution in [-0.4, -0.2) is 73.1 Å². The molecule has 1 aliphatic rings. The fourth-order valence-corrected chi connectivity index (χ4v) is 6.19. The number of nitrogens with zero attached hydrogens (tertiary/aromatic N) is 4. The zero-order chi connectivity index (χ0) is 25.6. The van der Waals surface area contributed by atoms with Crippen LogP contribution < -0.4 is 0 Å². The molecule has 35 heavy (non-hydrogen) atoms. The molecule has 13 heteroatoms. The van der Waals surface area contributed by atoms with Gasteiger partial charge in [0.2, 0.25) is 20.4 Å². The first-order chi connectivity index (χ1) is 16.3. The number of hydrogen-bond donors (Lipinski definition) is 0. The molecule has 3 aromatic rings. The Labute approximate surface area is 203 Å². The molecule has 0 unspecified atom stereocenters. The molecule has 1 aromatic carbocycles. The van der Waals surface area contributed by atoms with Crippen LogP contribution in [-0.2, 0) is 24.4 Å². The van der Waals surface area contributed by atoms with E-state index in [9.17, 15) is 21.6 Å². The highest BCUT2D eigenvalue weighted by molar-refractivity contribution is 7.92. The maximum Gasteiger partial charge on any atom is 0.410 e. The Hall–Kier alpha value is -3.06. The van der Waals surface area contributed by atoms with Crippen molar-refractivity contribution in [1.82, 2.24) is 20.0 Å². The predicted molar refractivity (Wildman–Crippen MR) is 126 cm³/mol. The lowest BCUT2D eigenvalue weighted by Crippen LogP contribution is -2.44. The van der Waals surface area contributed by atoms with Crippen molar-refractivity contribution in [2.45, 2.75) is 54.4 Å². The molecule has 0 atom stereocenters. The molecule has 0 saturated carbocycles. The number of carbonyl (C=O) groups is 1. The second kappa shape index (κ2) is 8.86. The number of piperidine rings is 1. The molecule has 11 nitrogen and oxygen atoms in total. The van der Waals surface area contributed by atoms with Crippen molar-refractivity contribution < 1.29 is 30.9 Å². The van der Waals surface area contributed by atoms with Crippen LogP contribution in [0.5, 0.6) is 0 Å². The summed E-state index contributed by atoms with van der Waals surface area (Å²) in [6, 6.07) is 5.97. The molecular weight excluding hydrogens is 496 g/mol. The summed E-state index contributed by atoms with van der Waals surface area (Å²) >= 11 is 0. The Morgan fingerprint density at radius 3 is 2.26 bits per heavy atom. The van der Waals surface area contributed by atoms with E-state index in [1.165, 1.54) is 17.0 Å². The Morgan fingerprint density at radius 1 is 1.06 bits per heavy atom. The van der Waals surface area contributed by atoms with Gasteiger partial charge in [-0.25, -0.2) is 31.6 Å². The van der Waals surface area contributed by atoms with Crippen LogP contribution in [0, 0.1) is 0 Å². The van der Waals surface area contributed by atoms with Gasteiger partial charge >= 0.3 is 6.09 Å². The highest BCUT2D eigenvalue weighted by Crippen LogP contribution is 2.33. The molecule has 0 N–H and O–H groups in total. The molecule has 0 aliphatic carbocycles. The number of carbonyl (C=O) groups excluding carboxylic acids is 1. The molecule has 0 bridgehead atoms. The van der Waals surface area contributed by atoms with Crippen molar-refractivity contribution in [2.75, 3.05) is 19.3 Å². The number of sulfone groups is 2. The van der Waals surface area contributed by atoms with Crippen molar-refractivity contribution in [1.29, 1.82) is 0 Å². The van der Waals surface area contributed by atoms with Crippen molar-refractivity contribution in [3.8, 4) is 11.3 Å². The van der Waals surface area contributed by atoms with Crippen LogP contribution in [0.1, 0.15) is 33.6 Å². The molecule has 3 heterocycles. The molecule has 1 fully saturated rings. The van der Waals surface area contributed by atoms with Crippen LogP contribution in [0.2, 0.25) is 0 Å². The lowest BCUT2D eigenvalue weighted by Gasteiger charge is -2.33. The van der Waals surface area contributed by atoms with Crippen molar-refractivity contribution in [2.24, 2.45) is 0 Å². The van der Waals surface area contributed by atoms with E-state index in [4.69, 9.17) is 9.26 Å². The van der Waals surface area contributed by atoms with Gasteiger partial charge in [-0.3, -0.25) is 0 Å². The van der Waals surface area contributed by atoms with Crippen LogP contribution in [0.15, 0.2) is 45.0 Å². The van der Waals surface area contributed by atoms with Gasteiger partial charge in [-0.2, -0.15) is 0 Å². The molecule has 1 aliphatic heterocycles. The summed E-state index contributed by atoms with van der Waals surface area (Å²) in [6.07, 6.45) is 2.22. The fourth-order valence-electron chi connectivity index (χ4n) is 3.83. The molecule has 0 spiro atoms. The summed E-state index contributed by atoms with van der Waals surface area (Å²) < 4.78 is 61.0. The lowest BCUT2D eigenvalue weighted by molar-refractivity contribution is 0.0217. The first kappa shape index (κ1) is 25.0. The number of aromatic nitrogens is 3. The SMILES string of the molecule is CC(C)(C)OC(=O)N1CCC(S(=O)(=O)c2ncnc3c(-c4ccc(S(C)(=O)=O)cc4)noc23)CC1. The van der Waals surface area contributed by atoms with Gasteiger partial charge < -0.3 is 14.2 Å². The number of fused-ring (bicyclic) bond motifs is 1. The number of benzene rings is 1. The second-order valence-electron chi connectivity index (χ2n) is 9.40. The summed E-state index contributed by atoms with van der Waals surface area (Å²) in [4.78, 5) is 22.1. The van der Waals surface area contributed by atoms with E-state index in [-0.39, 0.29) is 52.6 Å². The van der Waals surface area contributed by atoms with Gasteiger partial charge in [0.05, 0.1) is 10.1 Å².